The fourth-order valence-electron chi connectivity index (χ4n) is 3.14. The highest BCUT2D eigenvalue weighted by molar-refractivity contribution is 7.99. The van der Waals surface area contributed by atoms with Crippen molar-refractivity contribution >= 4 is 23.3 Å². The summed E-state index contributed by atoms with van der Waals surface area (Å²) in [5.74, 6) is 0.368. The number of para-hydroxylation sites is 2. The first-order valence-electron chi connectivity index (χ1n) is 10.8. The van der Waals surface area contributed by atoms with Gasteiger partial charge in [-0.1, -0.05) is 36.4 Å². The largest absolute Gasteiger partial charge is 0.503 e. The van der Waals surface area contributed by atoms with Crippen LogP contribution in [0.25, 0.3) is 5.57 Å². The van der Waals surface area contributed by atoms with Crippen molar-refractivity contribution in [2.24, 2.45) is 0 Å². The van der Waals surface area contributed by atoms with Gasteiger partial charge in [0.05, 0.1) is 32.1 Å². The topological polar surface area (TPSA) is 116 Å². The molecule has 2 heterocycles. The Morgan fingerprint density at radius 3 is 2.27 bits per heavy atom. The Labute approximate surface area is 217 Å². The summed E-state index contributed by atoms with van der Waals surface area (Å²) in [6, 6.07) is 22.8. The number of hydrogen-bond donors (Lipinski definition) is 0. The molecule has 9 nitrogen and oxygen atoms in total. The van der Waals surface area contributed by atoms with Gasteiger partial charge in [-0.3, -0.25) is 0 Å². The maximum atomic E-state index is 12.4. The summed E-state index contributed by atoms with van der Waals surface area (Å²) in [4.78, 5) is 25.6. The minimum Gasteiger partial charge on any atom is -0.503 e. The van der Waals surface area contributed by atoms with E-state index in [0.29, 0.717) is 32.8 Å². The predicted octanol–water partition coefficient (Wildman–Crippen LogP) is 5.64. The van der Waals surface area contributed by atoms with Crippen molar-refractivity contribution < 1.29 is 23.7 Å². The van der Waals surface area contributed by atoms with Gasteiger partial charge in [0.25, 0.3) is 0 Å². The second-order valence-electron chi connectivity index (χ2n) is 7.16. The molecule has 0 aliphatic heterocycles. The Morgan fingerprint density at radius 2 is 1.59 bits per heavy atom. The zero-order chi connectivity index (χ0) is 26.0. The lowest BCUT2D eigenvalue weighted by atomic mass is 10.1. The van der Waals surface area contributed by atoms with Crippen LogP contribution in [0.5, 0.6) is 23.3 Å². The lowest BCUT2D eigenvalue weighted by Gasteiger charge is -2.14. The molecule has 2 aromatic carbocycles. The Morgan fingerprint density at radius 1 is 0.919 bits per heavy atom. The number of esters is 1. The van der Waals surface area contributed by atoms with E-state index in [2.05, 4.69) is 21.0 Å². The molecule has 0 bridgehead atoms. The van der Waals surface area contributed by atoms with E-state index in [-0.39, 0.29) is 17.3 Å². The Bertz CT molecular complexity index is 1470. The standard InChI is InChI=1S/C27H20N4O5S/c1-33-17-20(26(32)34-2)19-10-4-6-12-22(19)36-24-15-23(35-21-11-5-3-9-18(21)16-28)30-27(31-24)37-25-13-7-8-14-29-25/h3-15,17H,1-2H3/b20-17+. The molecular weight excluding hydrogens is 492 g/mol. The SMILES string of the molecule is CO/C=C(/C(=O)OC)c1ccccc1Oc1cc(Oc2ccccc2C#N)nc(Sc2ccccn2)n1. The molecule has 0 spiro atoms. The predicted molar refractivity (Wildman–Crippen MR) is 135 cm³/mol. The Kier molecular flexibility index (Phi) is 8.31. The van der Waals surface area contributed by atoms with E-state index < -0.39 is 5.97 Å². The summed E-state index contributed by atoms with van der Waals surface area (Å²) < 4.78 is 22.0. The van der Waals surface area contributed by atoms with Crippen LogP contribution >= 0.6 is 11.8 Å². The zero-order valence-electron chi connectivity index (χ0n) is 19.8. The number of hydrogen-bond acceptors (Lipinski definition) is 10. The number of carbonyl (C=O) groups excluding carboxylic acids is 1. The summed E-state index contributed by atoms with van der Waals surface area (Å²) in [7, 11) is 2.71. The molecule has 0 aliphatic rings. The third-order valence-electron chi connectivity index (χ3n) is 4.75. The minimum absolute atomic E-state index is 0.145. The fourth-order valence-corrected chi connectivity index (χ4v) is 3.85. The summed E-state index contributed by atoms with van der Waals surface area (Å²) in [5.41, 5.74) is 0.948. The molecule has 0 fully saturated rings. The van der Waals surface area contributed by atoms with Crippen molar-refractivity contribution in [3.63, 3.8) is 0 Å². The molecule has 10 heteroatoms. The summed E-state index contributed by atoms with van der Waals surface area (Å²) >= 11 is 1.21. The van der Waals surface area contributed by atoms with E-state index in [4.69, 9.17) is 18.9 Å². The van der Waals surface area contributed by atoms with Gasteiger partial charge in [-0.05, 0) is 42.1 Å². The molecule has 0 atom stereocenters. The molecule has 0 radical (unpaired) electrons. The zero-order valence-corrected chi connectivity index (χ0v) is 20.6. The molecule has 37 heavy (non-hydrogen) atoms. The lowest BCUT2D eigenvalue weighted by molar-refractivity contribution is -0.133. The average molecular weight is 513 g/mol. The van der Waals surface area contributed by atoms with E-state index >= 15 is 0 Å². The molecule has 0 N–H and O–H groups in total. The van der Waals surface area contributed by atoms with Crippen LogP contribution < -0.4 is 9.47 Å². The Balaban J connectivity index is 1.74. The van der Waals surface area contributed by atoms with Gasteiger partial charge < -0.3 is 18.9 Å². The molecule has 4 aromatic rings. The number of nitrogens with zero attached hydrogens (tertiary/aromatic N) is 4. The number of aromatic nitrogens is 3. The maximum absolute atomic E-state index is 12.4. The van der Waals surface area contributed by atoms with E-state index in [1.54, 1.807) is 60.8 Å². The van der Waals surface area contributed by atoms with Crippen LogP contribution in [0.3, 0.4) is 0 Å². The van der Waals surface area contributed by atoms with Crippen LogP contribution in [-0.4, -0.2) is 35.1 Å². The van der Waals surface area contributed by atoms with Crippen LogP contribution in [0.4, 0.5) is 0 Å². The quantitative estimate of drug-likeness (QED) is 0.121. The van der Waals surface area contributed by atoms with Crippen molar-refractivity contribution in [2.75, 3.05) is 14.2 Å². The molecule has 0 aliphatic carbocycles. The lowest BCUT2D eigenvalue weighted by Crippen LogP contribution is -2.06. The molecule has 4 rings (SSSR count). The minimum atomic E-state index is -0.593. The van der Waals surface area contributed by atoms with Crippen molar-refractivity contribution in [1.82, 2.24) is 15.0 Å². The van der Waals surface area contributed by atoms with Gasteiger partial charge in [0.2, 0.25) is 16.9 Å². The van der Waals surface area contributed by atoms with E-state index in [1.165, 1.54) is 38.3 Å². The second-order valence-corrected chi connectivity index (χ2v) is 8.15. The number of methoxy groups -OCH3 is 2. The smallest absolute Gasteiger partial charge is 0.341 e. The van der Waals surface area contributed by atoms with Crippen LogP contribution in [0, 0.1) is 11.3 Å². The third kappa shape index (κ3) is 6.42. The molecule has 0 saturated carbocycles. The van der Waals surface area contributed by atoms with Crippen LogP contribution in [-0.2, 0) is 14.3 Å². The highest BCUT2D eigenvalue weighted by atomic mass is 32.2. The normalized spacial score (nSPS) is 10.8. The van der Waals surface area contributed by atoms with Crippen LogP contribution in [0.2, 0.25) is 0 Å². The third-order valence-corrected chi connectivity index (χ3v) is 5.56. The summed E-state index contributed by atoms with van der Waals surface area (Å²) in [5, 5.41) is 10.4. The number of rotatable bonds is 9. The van der Waals surface area contributed by atoms with E-state index in [1.807, 2.05) is 12.1 Å². The van der Waals surface area contributed by atoms with Gasteiger partial charge in [0.1, 0.15) is 28.2 Å². The van der Waals surface area contributed by atoms with Gasteiger partial charge in [-0.2, -0.15) is 15.2 Å². The van der Waals surface area contributed by atoms with Crippen LogP contribution in [0.15, 0.2) is 95.4 Å². The highest BCUT2D eigenvalue weighted by Crippen LogP contribution is 2.34. The van der Waals surface area contributed by atoms with Crippen molar-refractivity contribution in [2.45, 2.75) is 10.2 Å². The van der Waals surface area contributed by atoms with Gasteiger partial charge in [-0.25, -0.2) is 9.78 Å². The molecule has 184 valence electrons. The van der Waals surface area contributed by atoms with Crippen LogP contribution in [0.1, 0.15) is 11.1 Å². The molecule has 2 aromatic heterocycles. The maximum Gasteiger partial charge on any atom is 0.341 e. The molecule has 0 saturated heterocycles. The van der Waals surface area contributed by atoms with Crippen molar-refractivity contribution in [3.05, 3.63) is 96.4 Å². The summed E-state index contributed by atoms with van der Waals surface area (Å²) in [6.07, 6.45) is 2.94. The first-order chi connectivity index (χ1) is 18.1. The Hall–Kier alpha value is -4.88. The first-order valence-corrected chi connectivity index (χ1v) is 11.7. The van der Waals surface area contributed by atoms with Gasteiger partial charge >= 0.3 is 5.97 Å². The van der Waals surface area contributed by atoms with Crippen molar-refractivity contribution in [1.29, 1.82) is 5.26 Å². The van der Waals surface area contributed by atoms with Gasteiger partial charge in [0, 0.05) is 11.8 Å². The average Bonchev–Trinajstić information content (AvgIpc) is 2.92. The number of carbonyl (C=O) groups is 1. The number of benzene rings is 2. The van der Waals surface area contributed by atoms with Gasteiger partial charge in [0.15, 0.2) is 0 Å². The first kappa shape index (κ1) is 25.2. The molecule has 0 unspecified atom stereocenters. The summed E-state index contributed by atoms with van der Waals surface area (Å²) in [6.45, 7) is 0. The van der Waals surface area contributed by atoms with Crippen molar-refractivity contribution in [3.8, 4) is 29.3 Å². The molecule has 0 amide bonds. The number of pyridine rings is 1. The van der Waals surface area contributed by atoms with E-state index in [9.17, 15) is 10.1 Å². The highest BCUT2D eigenvalue weighted by Gasteiger charge is 2.19. The second kappa shape index (κ2) is 12.2. The van der Waals surface area contributed by atoms with E-state index in [0.717, 1.165) is 0 Å². The molecular formula is C27H20N4O5S. The number of ether oxygens (including phenoxy) is 4. The van der Waals surface area contributed by atoms with Gasteiger partial charge in [-0.15, -0.1) is 0 Å². The monoisotopic (exact) mass is 512 g/mol. The number of nitriles is 1. The fraction of sp³-hybridized carbons (Fsp3) is 0.0741.